The molecule has 0 amide bonds. The molecule has 8 heteroatoms. The van der Waals surface area contributed by atoms with Gasteiger partial charge in [0.25, 0.3) is 0 Å². The van der Waals surface area contributed by atoms with Gasteiger partial charge in [0, 0.05) is 5.69 Å². The molecule has 0 heterocycles. The number of nitriles is 1. The van der Waals surface area contributed by atoms with E-state index in [0.717, 1.165) is 6.92 Å². The molecule has 1 aromatic carbocycles. The zero-order valence-corrected chi connectivity index (χ0v) is 10.8. The van der Waals surface area contributed by atoms with Crippen LogP contribution in [-0.4, -0.2) is 24.7 Å². The Kier molecular flexibility index (Phi) is 4.16. The van der Waals surface area contributed by atoms with Crippen molar-refractivity contribution < 1.29 is 18.3 Å². The third-order valence-electron chi connectivity index (χ3n) is 2.16. The summed E-state index contributed by atoms with van der Waals surface area (Å²) in [6.45, 7) is 1.05. The maximum atomic E-state index is 11.6. The fraction of sp³-hybridized carbons (Fsp3) is 0.200. The van der Waals surface area contributed by atoms with Crippen LogP contribution in [0.5, 0.6) is 0 Å². The van der Waals surface area contributed by atoms with Crippen molar-refractivity contribution in [3.05, 3.63) is 28.8 Å². The van der Waals surface area contributed by atoms with Crippen molar-refractivity contribution >= 4 is 33.3 Å². The van der Waals surface area contributed by atoms with E-state index in [2.05, 4.69) is 4.72 Å². The zero-order chi connectivity index (χ0) is 13.9. The lowest BCUT2D eigenvalue weighted by Crippen LogP contribution is -2.32. The number of halogens is 1. The van der Waals surface area contributed by atoms with Crippen LogP contribution in [-0.2, 0) is 14.8 Å². The summed E-state index contributed by atoms with van der Waals surface area (Å²) in [4.78, 5) is 10.6. The van der Waals surface area contributed by atoms with Crippen LogP contribution in [0.15, 0.2) is 18.2 Å². The van der Waals surface area contributed by atoms with Gasteiger partial charge in [-0.05, 0) is 25.1 Å². The summed E-state index contributed by atoms with van der Waals surface area (Å²) in [5, 5.41) is 16.0. The lowest BCUT2D eigenvalue weighted by atomic mass is 10.2. The molecule has 0 radical (unpaired) electrons. The molecule has 0 aromatic heterocycles. The number of carboxylic acid groups (broad SMARTS) is 1. The number of carboxylic acids is 1. The van der Waals surface area contributed by atoms with E-state index in [-0.39, 0.29) is 16.3 Å². The van der Waals surface area contributed by atoms with Gasteiger partial charge in [-0.2, -0.15) is 5.26 Å². The maximum absolute atomic E-state index is 11.6. The number of nitrogens with one attached hydrogen (secondary N) is 1. The molecule has 0 spiro atoms. The first-order valence-corrected chi connectivity index (χ1v) is 6.64. The molecule has 1 rings (SSSR count). The number of hydrogen-bond donors (Lipinski definition) is 2. The molecule has 0 saturated carbocycles. The predicted octanol–water partition coefficient (Wildman–Crippen LogP) is 1.43. The van der Waals surface area contributed by atoms with Crippen molar-refractivity contribution in [2.75, 3.05) is 4.72 Å². The van der Waals surface area contributed by atoms with E-state index in [9.17, 15) is 13.2 Å². The highest BCUT2D eigenvalue weighted by atomic mass is 35.5. The molecule has 0 bridgehead atoms. The summed E-state index contributed by atoms with van der Waals surface area (Å²) in [6.07, 6.45) is 0. The second kappa shape index (κ2) is 5.25. The van der Waals surface area contributed by atoms with Gasteiger partial charge < -0.3 is 5.11 Å². The minimum absolute atomic E-state index is 0.0871. The molecule has 1 aromatic rings. The van der Waals surface area contributed by atoms with Gasteiger partial charge in [0.15, 0.2) is 5.25 Å². The Bertz CT molecular complexity index is 621. The molecule has 0 aliphatic heterocycles. The third-order valence-corrected chi connectivity index (χ3v) is 4.14. The molecule has 96 valence electrons. The van der Waals surface area contributed by atoms with Gasteiger partial charge in [-0.25, -0.2) is 8.42 Å². The molecule has 0 aliphatic rings. The summed E-state index contributed by atoms with van der Waals surface area (Å²) in [6, 6.07) is 5.71. The van der Waals surface area contributed by atoms with Crippen LogP contribution >= 0.6 is 11.6 Å². The number of aliphatic carboxylic acids is 1. The van der Waals surface area contributed by atoms with Crippen LogP contribution in [0.4, 0.5) is 5.69 Å². The average Bonchev–Trinajstić information content (AvgIpc) is 2.30. The molecule has 1 atom stereocenters. The topological polar surface area (TPSA) is 107 Å². The summed E-state index contributed by atoms with van der Waals surface area (Å²) in [7, 11) is -4.05. The summed E-state index contributed by atoms with van der Waals surface area (Å²) < 4.78 is 25.3. The minimum atomic E-state index is -4.05. The molecular weight excluding hydrogens is 280 g/mol. The number of rotatable bonds is 4. The molecule has 0 fully saturated rings. The van der Waals surface area contributed by atoms with Crippen molar-refractivity contribution in [1.82, 2.24) is 0 Å². The first-order chi connectivity index (χ1) is 8.27. The minimum Gasteiger partial charge on any atom is -0.480 e. The molecular formula is C10H9ClN2O4S. The molecule has 18 heavy (non-hydrogen) atoms. The Morgan fingerprint density at radius 2 is 2.17 bits per heavy atom. The smallest absolute Gasteiger partial charge is 0.323 e. The van der Waals surface area contributed by atoms with E-state index in [1.54, 1.807) is 6.07 Å². The van der Waals surface area contributed by atoms with E-state index in [1.807, 2.05) is 0 Å². The van der Waals surface area contributed by atoms with E-state index in [1.165, 1.54) is 18.2 Å². The lowest BCUT2D eigenvalue weighted by Gasteiger charge is -2.11. The van der Waals surface area contributed by atoms with Crippen molar-refractivity contribution in [1.29, 1.82) is 5.26 Å². The second-order valence-electron chi connectivity index (χ2n) is 3.43. The number of anilines is 1. The van der Waals surface area contributed by atoms with Crippen LogP contribution in [0.2, 0.25) is 5.02 Å². The highest BCUT2D eigenvalue weighted by molar-refractivity contribution is 7.94. The highest BCUT2D eigenvalue weighted by Gasteiger charge is 2.27. The summed E-state index contributed by atoms with van der Waals surface area (Å²) >= 11 is 5.69. The van der Waals surface area contributed by atoms with Gasteiger partial charge in [0.05, 0.1) is 10.6 Å². The average molecular weight is 289 g/mol. The van der Waals surface area contributed by atoms with Crippen molar-refractivity contribution in [3.63, 3.8) is 0 Å². The number of nitrogens with zero attached hydrogens (tertiary/aromatic N) is 1. The Morgan fingerprint density at radius 1 is 1.56 bits per heavy atom. The maximum Gasteiger partial charge on any atom is 0.323 e. The first-order valence-electron chi connectivity index (χ1n) is 4.72. The van der Waals surface area contributed by atoms with Crippen molar-refractivity contribution in [2.45, 2.75) is 12.2 Å². The molecule has 1 unspecified atom stereocenters. The van der Waals surface area contributed by atoms with Gasteiger partial charge in [0.2, 0.25) is 10.0 Å². The van der Waals surface area contributed by atoms with Crippen molar-refractivity contribution in [3.8, 4) is 6.07 Å². The SMILES string of the molecule is CC(C(=O)O)S(=O)(=O)Nc1ccc(Cl)c(C#N)c1. The second-order valence-corrected chi connectivity index (χ2v) is 5.84. The van der Waals surface area contributed by atoms with E-state index < -0.39 is 21.2 Å². The Morgan fingerprint density at radius 3 is 2.67 bits per heavy atom. The normalized spacial score (nSPS) is 12.5. The van der Waals surface area contributed by atoms with Crippen molar-refractivity contribution in [2.24, 2.45) is 0 Å². The molecule has 6 nitrogen and oxygen atoms in total. The lowest BCUT2D eigenvalue weighted by molar-refractivity contribution is -0.136. The standard InChI is InChI=1S/C10H9ClN2O4S/c1-6(10(14)15)18(16,17)13-8-2-3-9(11)7(4-8)5-12/h2-4,6,13H,1H3,(H,14,15). The van der Waals surface area contributed by atoms with Crippen LogP contribution in [0.25, 0.3) is 0 Å². The number of sulfonamides is 1. The molecule has 0 saturated heterocycles. The van der Waals surface area contributed by atoms with Gasteiger partial charge in [-0.15, -0.1) is 0 Å². The van der Waals surface area contributed by atoms with Crippen LogP contribution in [0.1, 0.15) is 12.5 Å². The predicted molar refractivity (Wildman–Crippen MR) is 65.8 cm³/mol. The van der Waals surface area contributed by atoms with E-state index in [4.69, 9.17) is 22.0 Å². The Balaban J connectivity index is 3.06. The fourth-order valence-corrected chi connectivity index (χ4v) is 2.12. The largest absolute Gasteiger partial charge is 0.480 e. The number of carbonyl (C=O) groups is 1. The number of benzene rings is 1. The molecule has 2 N–H and O–H groups in total. The summed E-state index contributed by atoms with van der Waals surface area (Å²) in [5.74, 6) is -1.46. The Hall–Kier alpha value is -1.78. The van der Waals surface area contributed by atoms with Gasteiger partial charge in [-0.1, -0.05) is 11.6 Å². The first kappa shape index (κ1) is 14.3. The van der Waals surface area contributed by atoms with E-state index >= 15 is 0 Å². The zero-order valence-electron chi connectivity index (χ0n) is 9.21. The highest BCUT2D eigenvalue weighted by Crippen LogP contribution is 2.21. The van der Waals surface area contributed by atoms with Gasteiger partial charge in [-0.3, -0.25) is 9.52 Å². The number of hydrogen-bond acceptors (Lipinski definition) is 4. The van der Waals surface area contributed by atoms with Crippen LogP contribution in [0.3, 0.4) is 0 Å². The van der Waals surface area contributed by atoms with E-state index in [0.29, 0.717) is 0 Å². The fourth-order valence-electron chi connectivity index (χ4n) is 1.06. The monoisotopic (exact) mass is 288 g/mol. The molecule has 0 aliphatic carbocycles. The van der Waals surface area contributed by atoms with Crippen LogP contribution in [0, 0.1) is 11.3 Å². The summed E-state index contributed by atoms with van der Waals surface area (Å²) in [5.41, 5.74) is 0.184. The van der Waals surface area contributed by atoms with Gasteiger partial charge >= 0.3 is 5.97 Å². The quantitative estimate of drug-likeness (QED) is 0.871. The third kappa shape index (κ3) is 3.12. The van der Waals surface area contributed by atoms with Crippen LogP contribution < -0.4 is 4.72 Å². The Labute approximate surface area is 109 Å². The van der Waals surface area contributed by atoms with Gasteiger partial charge in [0.1, 0.15) is 6.07 Å².